The standard InChI is InChI=1S/C39H72NO8P/c1-3-5-7-9-11-13-15-17-18-20-21-23-25-27-29-31-38(41)45-35-37(36-47-49(43,44)46-34-33-40)48-39(42)32-30-28-26-24-22-19-16-14-12-10-8-6-4-2/h5,7,11,13,17-18,37H,3-4,6,8-10,12,14-16,19-36,40H2,1-2H3,(H,43,44)/b7-5-,13-11-,18-17-. The van der Waals surface area contributed by atoms with Crippen molar-refractivity contribution in [3.05, 3.63) is 36.5 Å². The molecule has 3 N–H and O–H groups in total. The third-order valence-electron chi connectivity index (χ3n) is 8.04. The highest BCUT2D eigenvalue weighted by molar-refractivity contribution is 7.47. The first-order valence-corrected chi connectivity index (χ1v) is 21.0. The lowest BCUT2D eigenvalue weighted by Gasteiger charge is -2.19. The Balaban J connectivity index is 4.23. The SMILES string of the molecule is CC/C=C\C/C=C\C/C=C\CCCCCCCC(=O)OCC(COP(=O)(O)OCCN)OC(=O)CCCCCCCCCCCCCCC. The predicted molar refractivity (Wildman–Crippen MR) is 201 cm³/mol. The van der Waals surface area contributed by atoms with Crippen LogP contribution in [0.1, 0.15) is 168 Å². The van der Waals surface area contributed by atoms with Gasteiger partial charge in [0.2, 0.25) is 0 Å². The minimum atomic E-state index is -4.37. The Kier molecular flexibility index (Phi) is 34.7. The van der Waals surface area contributed by atoms with E-state index in [4.69, 9.17) is 24.3 Å². The second-order valence-corrected chi connectivity index (χ2v) is 14.2. The van der Waals surface area contributed by atoms with Crippen molar-refractivity contribution in [2.24, 2.45) is 5.73 Å². The lowest BCUT2D eigenvalue weighted by Crippen LogP contribution is -2.29. The fourth-order valence-electron chi connectivity index (χ4n) is 5.18. The van der Waals surface area contributed by atoms with Gasteiger partial charge in [0.05, 0.1) is 13.2 Å². The third-order valence-corrected chi connectivity index (χ3v) is 9.02. The molecule has 2 unspecified atom stereocenters. The monoisotopic (exact) mass is 713 g/mol. The summed E-state index contributed by atoms with van der Waals surface area (Å²) in [5.74, 6) is -0.847. The van der Waals surface area contributed by atoms with Crippen molar-refractivity contribution in [1.82, 2.24) is 0 Å². The van der Waals surface area contributed by atoms with Crippen LogP contribution >= 0.6 is 7.82 Å². The smallest absolute Gasteiger partial charge is 0.462 e. The van der Waals surface area contributed by atoms with Gasteiger partial charge in [-0.25, -0.2) is 4.57 Å². The maximum atomic E-state index is 12.5. The number of hydrogen-bond donors (Lipinski definition) is 2. The van der Waals surface area contributed by atoms with Crippen LogP contribution in [0, 0.1) is 0 Å². The van der Waals surface area contributed by atoms with E-state index in [1.165, 1.54) is 64.2 Å². The molecule has 0 heterocycles. The van der Waals surface area contributed by atoms with Crippen LogP contribution in [0.15, 0.2) is 36.5 Å². The molecule has 0 aliphatic heterocycles. The Hall–Kier alpha value is -1.77. The first-order chi connectivity index (χ1) is 23.8. The Labute approximate surface area is 299 Å². The zero-order valence-electron chi connectivity index (χ0n) is 31.2. The number of allylic oxidation sites excluding steroid dienone is 6. The molecule has 0 aliphatic carbocycles. The van der Waals surface area contributed by atoms with Gasteiger partial charge in [0.25, 0.3) is 0 Å². The molecular formula is C39H72NO8P. The largest absolute Gasteiger partial charge is 0.472 e. The number of ether oxygens (including phenoxy) is 2. The van der Waals surface area contributed by atoms with Crippen LogP contribution in [-0.4, -0.2) is 49.3 Å². The normalized spacial score (nSPS) is 13.8. The highest BCUT2D eigenvalue weighted by Gasteiger charge is 2.25. The van der Waals surface area contributed by atoms with E-state index in [0.29, 0.717) is 12.8 Å². The summed E-state index contributed by atoms with van der Waals surface area (Å²) in [6, 6.07) is 0. The first-order valence-electron chi connectivity index (χ1n) is 19.5. The minimum Gasteiger partial charge on any atom is -0.462 e. The molecule has 0 rings (SSSR count). The number of unbranched alkanes of at least 4 members (excludes halogenated alkanes) is 17. The Morgan fingerprint density at radius 3 is 1.67 bits per heavy atom. The molecule has 0 radical (unpaired) electrons. The average Bonchev–Trinajstić information content (AvgIpc) is 3.08. The van der Waals surface area contributed by atoms with Crippen molar-refractivity contribution in [3.63, 3.8) is 0 Å². The molecule has 0 saturated heterocycles. The van der Waals surface area contributed by atoms with Crippen molar-refractivity contribution < 1.29 is 37.6 Å². The number of carbonyl (C=O) groups is 2. The zero-order chi connectivity index (χ0) is 36.1. The quantitative estimate of drug-likeness (QED) is 0.0281. The summed E-state index contributed by atoms with van der Waals surface area (Å²) in [5, 5.41) is 0. The van der Waals surface area contributed by atoms with E-state index in [2.05, 4.69) is 50.3 Å². The van der Waals surface area contributed by atoms with Crippen LogP contribution in [0.2, 0.25) is 0 Å². The van der Waals surface area contributed by atoms with Gasteiger partial charge in [0.15, 0.2) is 6.10 Å². The zero-order valence-corrected chi connectivity index (χ0v) is 32.1. The number of phosphoric ester groups is 1. The minimum absolute atomic E-state index is 0.0511. The molecule has 0 amide bonds. The van der Waals surface area contributed by atoms with Crippen LogP contribution in [0.3, 0.4) is 0 Å². The van der Waals surface area contributed by atoms with Crippen molar-refractivity contribution in [1.29, 1.82) is 0 Å². The Morgan fingerprint density at radius 1 is 0.633 bits per heavy atom. The molecular weight excluding hydrogens is 641 g/mol. The Morgan fingerprint density at radius 2 is 1.12 bits per heavy atom. The molecule has 9 nitrogen and oxygen atoms in total. The molecule has 0 aromatic rings. The van der Waals surface area contributed by atoms with Gasteiger partial charge in [-0.2, -0.15) is 0 Å². The topological polar surface area (TPSA) is 134 Å². The highest BCUT2D eigenvalue weighted by atomic mass is 31.2. The van der Waals surface area contributed by atoms with Gasteiger partial charge in [-0.1, -0.05) is 147 Å². The number of esters is 2. The van der Waals surface area contributed by atoms with E-state index in [-0.39, 0.29) is 32.6 Å². The van der Waals surface area contributed by atoms with Gasteiger partial charge in [0, 0.05) is 19.4 Å². The predicted octanol–water partition coefficient (Wildman–Crippen LogP) is 10.6. The maximum Gasteiger partial charge on any atom is 0.472 e. The van der Waals surface area contributed by atoms with Crippen molar-refractivity contribution in [2.45, 2.75) is 174 Å². The maximum absolute atomic E-state index is 12.5. The van der Waals surface area contributed by atoms with Crippen LogP contribution in [0.25, 0.3) is 0 Å². The molecule has 0 saturated carbocycles. The van der Waals surface area contributed by atoms with E-state index in [0.717, 1.165) is 64.2 Å². The van der Waals surface area contributed by atoms with Crippen LogP contribution in [0.4, 0.5) is 0 Å². The molecule has 2 atom stereocenters. The molecule has 10 heteroatoms. The average molecular weight is 714 g/mol. The van der Waals surface area contributed by atoms with Crippen LogP contribution in [0.5, 0.6) is 0 Å². The molecule has 0 aliphatic rings. The summed E-state index contributed by atoms with van der Waals surface area (Å²) in [4.78, 5) is 34.7. The molecule has 0 aromatic heterocycles. The van der Waals surface area contributed by atoms with Crippen molar-refractivity contribution in [3.8, 4) is 0 Å². The fraction of sp³-hybridized carbons (Fsp3) is 0.795. The lowest BCUT2D eigenvalue weighted by molar-refractivity contribution is -0.161. The molecule has 0 aromatic carbocycles. The van der Waals surface area contributed by atoms with Crippen molar-refractivity contribution in [2.75, 3.05) is 26.4 Å². The summed E-state index contributed by atoms with van der Waals surface area (Å²) in [7, 11) is -4.37. The molecule has 0 spiro atoms. The molecule has 286 valence electrons. The molecule has 0 bridgehead atoms. The number of phosphoric acid groups is 1. The molecule has 49 heavy (non-hydrogen) atoms. The summed E-state index contributed by atoms with van der Waals surface area (Å²) in [6.07, 6.45) is 37.4. The van der Waals surface area contributed by atoms with Gasteiger partial charge in [-0.15, -0.1) is 0 Å². The summed E-state index contributed by atoms with van der Waals surface area (Å²) < 4.78 is 32.6. The second-order valence-electron chi connectivity index (χ2n) is 12.8. The van der Waals surface area contributed by atoms with E-state index in [1.54, 1.807) is 0 Å². The lowest BCUT2D eigenvalue weighted by atomic mass is 10.0. The fourth-order valence-corrected chi connectivity index (χ4v) is 5.94. The number of hydrogen-bond acceptors (Lipinski definition) is 8. The summed E-state index contributed by atoms with van der Waals surface area (Å²) in [5.41, 5.74) is 5.33. The third kappa shape index (κ3) is 35.8. The highest BCUT2D eigenvalue weighted by Crippen LogP contribution is 2.43. The van der Waals surface area contributed by atoms with Gasteiger partial charge in [-0.3, -0.25) is 18.6 Å². The number of nitrogens with two attached hydrogens (primary N) is 1. The van der Waals surface area contributed by atoms with E-state index < -0.39 is 32.5 Å². The van der Waals surface area contributed by atoms with Crippen molar-refractivity contribution >= 4 is 19.8 Å². The summed E-state index contributed by atoms with van der Waals surface area (Å²) >= 11 is 0. The van der Waals surface area contributed by atoms with Gasteiger partial charge < -0.3 is 20.1 Å². The second kappa shape index (κ2) is 36.0. The van der Waals surface area contributed by atoms with Gasteiger partial charge >= 0.3 is 19.8 Å². The van der Waals surface area contributed by atoms with E-state index >= 15 is 0 Å². The van der Waals surface area contributed by atoms with Crippen LogP contribution in [-0.2, 0) is 32.7 Å². The summed E-state index contributed by atoms with van der Waals surface area (Å²) in [6.45, 7) is 3.59. The molecule has 0 fully saturated rings. The van der Waals surface area contributed by atoms with E-state index in [9.17, 15) is 19.0 Å². The number of rotatable bonds is 36. The van der Waals surface area contributed by atoms with Gasteiger partial charge in [0.1, 0.15) is 6.61 Å². The van der Waals surface area contributed by atoms with Gasteiger partial charge in [-0.05, 0) is 44.9 Å². The van der Waals surface area contributed by atoms with E-state index in [1.807, 2.05) is 0 Å². The number of carbonyl (C=O) groups excluding carboxylic acids is 2. The Bertz CT molecular complexity index is 907. The first kappa shape index (κ1) is 47.2. The van der Waals surface area contributed by atoms with Crippen LogP contribution < -0.4 is 5.73 Å².